The van der Waals surface area contributed by atoms with Crippen LogP contribution in [0.2, 0.25) is 5.02 Å². The molecule has 0 fully saturated rings. The zero-order valence-electron chi connectivity index (χ0n) is 11.9. The summed E-state index contributed by atoms with van der Waals surface area (Å²) in [6.45, 7) is 2.49. The number of fused-ring (bicyclic) bond motifs is 1. The molecule has 2 aromatic carbocycles. The van der Waals surface area contributed by atoms with E-state index in [9.17, 15) is 4.79 Å². The van der Waals surface area contributed by atoms with Crippen molar-refractivity contribution in [1.29, 1.82) is 0 Å². The van der Waals surface area contributed by atoms with Gasteiger partial charge >= 0.3 is 0 Å². The van der Waals surface area contributed by atoms with Gasteiger partial charge in [-0.1, -0.05) is 23.7 Å². The quantitative estimate of drug-likeness (QED) is 0.859. The van der Waals surface area contributed by atoms with Crippen molar-refractivity contribution in [3.05, 3.63) is 58.1 Å². The number of nitrogens with two attached hydrogens (primary N) is 1. The van der Waals surface area contributed by atoms with E-state index >= 15 is 0 Å². The highest BCUT2D eigenvalue weighted by Gasteiger charge is 2.24. The number of nitrogens with zero attached hydrogens (tertiary/aromatic N) is 1. The van der Waals surface area contributed by atoms with Gasteiger partial charge in [0.2, 0.25) is 5.91 Å². The van der Waals surface area contributed by atoms with Crippen LogP contribution in [-0.2, 0) is 17.8 Å². The van der Waals surface area contributed by atoms with Gasteiger partial charge in [-0.25, -0.2) is 0 Å². The molecule has 0 atom stereocenters. The molecule has 1 aliphatic rings. The van der Waals surface area contributed by atoms with E-state index < -0.39 is 0 Å². The van der Waals surface area contributed by atoms with Crippen molar-refractivity contribution in [3.8, 4) is 0 Å². The van der Waals surface area contributed by atoms with Gasteiger partial charge in [0, 0.05) is 22.8 Å². The first-order valence-electron chi connectivity index (χ1n) is 6.98. The van der Waals surface area contributed by atoms with Gasteiger partial charge < -0.3 is 10.6 Å². The first kappa shape index (κ1) is 14.0. The minimum absolute atomic E-state index is 0.129. The topological polar surface area (TPSA) is 46.3 Å². The lowest BCUT2D eigenvalue weighted by atomic mass is 9.99. The number of hydrogen-bond donors (Lipinski definition) is 1. The molecular formula is C17H17ClN2O. The number of aryl methyl sites for hydroxylation is 2. The largest absolute Gasteiger partial charge is 0.399 e. The molecule has 1 heterocycles. The highest BCUT2D eigenvalue weighted by Crippen LogP contribution is 2.32. The highest BCUT2D eigenvalue weighted by atomic mass is 35.5. The SMILES string of the molecule is Cc1ccc(CN2C(=O)CCc3cc(N)ccc32)c(Cl)c1. The van der Waals surface area contributed by atoms with Gasteiger partial charge in [0.15, 0.2) is 0 Å². The predicted octanol–water partition coefficient (Wildman–Crippen LogP) is 3.71. The standard InChI is InChI=1S/C17H17ClN2O/c1-11-2-3-13(15(18)8-11)10-20-16-6-5-14(19)9-12(16)4-7-17(20)21/h2-3,5-6,8-9H,4,7,10,19H2,1H3. The number of carbonyl (C=O) groups excluding carboxylic acids is 1. The fourth-order valence-electron chi connectivity index (χ4n) is 2.70. The number of carbonyl (C=O) groups is 1. The Bertz CT molecular complexity index is 712. The number of halogens is 1. The van der Waals surface area contributed by atoms with Crippen LogP contribution in [-0.4, -0.2) is 5.91 Å². The fourth-order valence-corrected chi connectivity index (χ4v) is 3.00. The number of benzene rings is 2. The van der Waals surface area contributed by atoms with Crippen LogP contribution in [0.3, 0.4) is 0 Å². The number of rotatable bonds is 2. The van der Waals surface area contributed by atoms with Crippen molar-refractivity contribution in [2.24, 2.45) is 0 Å². The minimum Gasteiger partial charge on any atom is -0.399 e. The molecule has 3 nitrogen and oxygen atoms in total. The van der Waals surface area contributed by atoms with Gasteiger partial charge in [-0.05, 0) is 54.3 Å². The molecule has 1 aliphatic heterocycles. The molecule has 0 bridgehead atoms. The first-order chi connectivity index (χ1) is 10.0. The maximum Gasteiger partial charge on any atom is 0.227 e. The first-order valence-corrected chi connectivity index (χ1v) is 7.36. The summed E-state index contributed by atoms with van der Waals surface area (Å²) in [6.07, 6.45) is 1.26. The Morgan fingerprint density at radius 2 is 2.00 bits per heavy atom. The molecule has 0 radical (unpaired) electrons. The Labute approximate surface area is 129 Å². The number of amides is 1. The van der Waals surface area contributed by atoms with Gasteiger partial charge in [0.05, 0.1) is 6.54 Å². The van der Waals surface area contributed by atoms with Crippen LogP contribution in [0.1, 0.15) is 23.1 Å². The highest BCUT2D eigenvalue weighted by molar-refractivity contribution is 6.31. The van der Waals surface area contributed by atoms with Gasteiger partial charge in [0.1, 0.15) is 0 Å². The molecule has 4 heteroatoms. The minimum atomic E-state index is 0.129. The van der Waals surface area contributed by atoms with Gasteiger partial charge in [-0.15, -0.1) is 0 Å². The van der Waals surface area contributed by atoms with E-state index in [4.69, 9.17) is 17.3 Å². The van der Waals surface area contributed by atoms with Crippen molar-refractivity contribution in [1.82, 2.24) is 0 Å². The average molecular weight is 301 g/mol. The third-order valence-electron chi connectivity index (χ3n) is 3.84. The zero-order chi connectivity index (χ0) is 15.0. The Hall–Kier alpha value is -2.00. The summed E-state index contributed by atoms with van der Waals surface area (Å²) in [4.78, 5) is 14.1. The van der Waals surface area contributed by atoms with Crippen LogP contribution in [0.4, 0.5) is 11.4 Å². The summed E-state index contributed by atoms with van der Waals surface area (Å²) in [5.74, 6) is 0.129. The van der Waals surface area contributed by atoms with E-state index in [2.05, 4.69) is 0 Å². The zero-order valence-corrected chi connectivity index (χ0v) is 12.7. The third kappa shape index (κ3) is 2.74. The monoisotopic (exact) mass is 300 g/mol. The van der Waals surface area contributed by atoms with E-state index in [0.717, 1.165) is 34.5 Å². The van der Waals surface area contributed by atoms with Crippen LogP contribution in [0.25, 0.3) is 0 Å². The molecule has 2 aromatic rings. The lowest BCUT2D eigenvalue weighted by molar-refractivity contribution is -0.119. The van der Waals surface area contributed by atoms with E-state index in [1.165, 1.54) is 0 Å². The van der Waals surface area contributed by atoms with Crippen molar-refractivity contribution < 1.29 is 4.79 Å². The summed E-state index contributed by atoms with van der Waals surface area (Å²) < 4.78 is 0. The smallest absolute Gasteiger partial charge is 0.227 e. The lowest BCUT2D eigenvalue weighted by Gasteiger charge is -2.30. The van der Waals surface area contributed by atoms with E-state index in [1.54, 1.807) is 4.90 Å². The second-order valence-electron chi connectivity index (χ2n) is 5.46. The number of hydrogen-bond acceptors (Lipinski definition) is 2. The second-order valence-corrected chi connectivity index (χ2v) is 5.87. The van der Waals surface area contributed by atoms with Crippen molar-refractivity contribution >= 4 is 28.9 Å². The van der Waals surface area contributed by atoms with Gasteiger partial charge in [-0.3, -0.25) is 4.79 Å². The number of anilines is 2. The normalized spacial score (nSPS) is 14.2. The van der Waals surface area contributed by atoms with Crippen LogP contribution in [0, 0.1) is 6.92 Å². The molecule has 1 amide bonds. The van der Waals surface area contributed by atoms with E-state index in [1.807, 2.05) is 43.3 Å². The Morgan fingerprint density at radius 1 is 1.19 bits per heavy atom. The predicted molar refractivity (Wildman–Crippen MR) is 86.6 cm³/mol. The Kier molecular flexibility index (Phi) is 3.60. The summed E-state index contributed by atoms with van der Waals surface area (Å²) in [5.41, 5.74) is 10.7. The summed E-state index contributed by atoms with van der Waals surface area (Å²) >= 11 is 6.29. The van der Waals surface area contributed by atoms with Crippen molar-refractivity contribution in [2.45, 2.75) is 26.3 Å². The lowest BCUT2D eigenvalue weighted by Crippen LogP contribution is -2.34. The maximum atomic E-state index is 12.3. The second kappa shape index (κ2) is 5.41. The maximum absolute atomic E-state index is 12.3. The van der Waals surface area contributed by atoms with Crippen LogP contribution in [0.5, 0.6) is 0 Å². The third-order valence-corrected chi connectivity index (χ3v) is 4.19. The van der Waals surface area contributed by atoms with E-state index in [0.29, 0.717) is 18.0 Å². The van der Waals surface area contributed by atoms with Crippen LogP contribution in [0.15, 0.2) is 36.4 Å². The molecule has 0 saturated carbocycles. The molecular weight excluding hydrogens is 284 g/mol. The molecule has 0 saturated heterocycles. The van der Waals surface area contributed by atoms with E-state index in [-0.39, 0.29) is 5.91 Å². The molecule has 0 aliphatic carbocycles. The molecule has 3 rings (SSSR count). The van der Waals surface area contributed by atoms with Gasteiger partial charge in [0.25, 0.3) is 0 Å². The number of nitrogen functional groups attached to an aromatic ring is 1. The Balaban J connectivity index is 1.96. The average Bonchev–Trinajstić information content (AvgIpc) is 2.44. The summed E-state index contributed by atoms with van der Waals surface area (Å²) in [5, 5.41) is 0.699. The van der Waals surface area contributed by atoms with Crippen molar-refractivity contribution in [2.75, 3.05) is 10.6 Å². The van der Waals surface area contributed by atoms with Crippen molar-refractivity contribution in [3.63, 3.8) is 0 Å². The fraction of sp³-hybridized carbons (Fsp3) is 0.235. The molecule has 0 aromatic heterocycles. The molecule has 21 heavy (non-hydrogen) atoms. The van der Waals surface area contributed by atoms with Crippen LogP contribution >= 0.6 is 11.6 Å². The van der Waals surface area contributed by atoms with Crippen LogP contribution < -0.4 is 10.6 Å². The summed E-state index contributed by atoms with van der Waals surface area (Å²) in [7, 11) is 0. The van der Waals surface area contributed by atoms with Gasteiger partial charge in [-0.2, -0.15) is 0 Å². The molecule has 0 spiro atoms. The Morgan fingerprint density at radius 3 is 2.76 bits per heavy atom. The molecule has 0 unspecified atom stereocenters. The summed E-state index contributed by atoms with van der Waals surface area (Å²) in [6, 6.07) is 11.6. The molecule has 2 N–H and O–H groups in total. The molecule has 108 valence electrons.